The Balaban J connectivity index is 2.00. The van der Waals surface area contributed by atoms with Gasteiger partial charge in [-0.2, -0.15) is 0 Å². The third kappa shape index (κ3) is 2.97. The van der Waals surface area contributed by atoms with Crippen molar-refractivity contribution in [2.24, 2.45) is 0 Å². The minimum atomic E-state index is -0.732. The molecule has 0 aromatic heterocycles. The predicted molar refractivity (Wildman–Crippen MR) is 63.5 cm³/mol. The topological polar surface area (TPSA) is 60.8 Å². The van der Waals surface area contributed by atoms with Gasteiger partial charge in [0.25, 0.3) is 0 Å². The van der Waals surface area contributed by atoms with Crippen LogP contribution in [0.3, 0.4) is 0 Å². The highest BCUT2D eigenvalue weighted by Gasteiger charge is 2.21. The summed E-state index contributed by atoms with van der Waals surface area (Å²) in [6.07, 6.45) is 1.78. The maximum atomic E-state index is 11.6. The summed E-state index contributed by atoms with van der Waals surface area (Å²) in [5.41, 5.74) is 0.642. The number of nitrogens with zero attached hydrogens (tertiary/aromatic N) is 1. The average Bonchev–Trinajstić information content (AvgIpc) is 2.32. The average molecular weight is 235 g/mol. The molecule has 1 aliphatic heterocycles. The standard InChI is InChI=1S/C13H17NO3/c15-11-5-3-4-10(8-11)12(16)9-14-7-2-1-6-13(14)17/h3-5,8,12,15-16H,1-2,6-7,9H2. The van der Waals surface area contributed by atoms with E-state index < -0.39 is 6.10 Å². The Bertz CT molecular complexity index is 405. The van der Waals surface area contributed by atoms with Crippen molar-refractivity contribution in [2.45, 2.75) is 25.4 Å². The molecule has 0 bridgehead atoms. The van der Waals surface area contributed by atoms with Gasteiger partial charge >= 0.3 is 0 Å². The van der Waals surface area contributed by atoms with E-state index in [0.29, 0.717) is 25.1 Å². The first kappa shape index (κ1) is 11.9. The zero-order chi connectivity index (χ0) is 12.3. The van der Waals surface area contributed by atoms with E-state index in [4.69, 9.17) is 0 Å². The number of β-amino-alcohol motifs (C(OH)–C–C–N with tert-alkyl or cyclic N) is 1. The highest BCUT2D eigenvalue weighted by molar-refractivity contribution is 5.76. The van der Waals surface area contributed by atoms with Gasteiger partial charge in [-0.15, -0.1) is 0 Å². The number of piperidine rings is 1. The molecule has 0 spiro atoms. The lowest BCUT2D eigenvalue weighted by atomic mass is 10.1. The summed E-state index contributed by atoms with van der Waals surface area (Å²) in [6.45, 7) is 1.02. The molecule has 92 valence electrons. The Morgan fingerprint density at radius 3 is 2.88 bits per heavy atom. The van der Waals surface area contributed by atoms with Gasteiger partial charge in [0.05, 0.1) is 12.6 Å². The van der Waals surface area contributed by atoms with E-state index >= 15 is 0 Å². The maximum Gasteiger partial charge on any atom is 0.222 e. The fourth-order valence-corrected chi connectivity index (χ4v) is 2.10. The number of benzene rings is 1. The second kappa shape index (κ2) is 5.19. The van der Waals surface area contributed by atoms with Gasteiger partial charge < -0.3 is 15.1 Å². The van der Waals surface area contributed by atoms with Crippen LogP contribution in [0.1, 0.15) is 30.9 Å². The number of aliphatic hydroxyl groups is 1. The number of phenolic OH excluding ortho intramolecular Hbond substituents is 1. The number of amides is 1. The molecule has 1 aliphatic rings. The Morgan fingerprint density at radius 1 is 1.35 bits per heavy atom. The molecule has 1 unspecified atom stereocenters. The lowest BCUT2D eigenvalue weighted by Gasteiger charge is -2.28. The number of aliphatic hydroxyl groups excluding tert-OH is 1. The number of carbonyl (C=O) groups excluding carboxylic acids is 1. The molecule has 1 amide bonds. The van der Waals surface area contributed by atoms with E-state index in [-0.39, 0.29) is 11.7 Å². The van der Waals surface area contributed by atoms with Gasteiger partial charge in [0.1, 0.15) is 5.75 Å². The van der Waals surface area contributed by atoms with Gasteiger partial charge in [-0.25, -0.2) is 0 Å². The number of aromatic hydroxyl groups is 1. The van der Waals surface area contributed by atoms with Crippen LogP contribution in [0.25, 0.3) is 0 Å². The lowest BCUT2D eigenvalue weighted by molar-refractivity contribution is -0.134. The normalized spacial score (nSPS) is 18.2. The van der Waals surface area contributed by atoms with Crippen LogP contribution in [-0.4, -0.2) is 34.1 Å². The van der Waals surface area contributed by atoms with E-state index in [2.05, 4.69) is 0 Å². The molecule has 1 saturated heterocycles. The molecule has 1 atom stereocenters. The van der Waals surface area contributed by atoms with Gasteiger partial charge in [-0.05, 0) is 30.5 Å². The monoisotopic (exact) mass is 235 g/mol. The van der Waals surface area contributed by atoms with Gasteiger partial charge in [-0.1, -0.05) is 12.1 Å². The quantitative estimate of drug-likeness (QED) is 0.833. The predicted octanol–water partition coefficient (Wildman–Crippen LogP) is 1.44. The van der Waals surface area contributed by atoms with Crippen molar-refractivity contribution in [3.05, 3.63) is 29.8 Å². The van der Waals surface area contributed by atoms with Crippen molar-refractivity contribution in [2.75, 3.05) is 13.1 Å². The number of phenols is 1. The molecular weight excluding hydrogens is 218 g/mol. The van der Waals surface area contributed by atoms with Gasteiger partial charge in [0.15, 0.2) is 0 Å². The molecule has 0 aliphatic carbocycles. The summed E-state index contributed by atoms with van der Waals surface area (Å²) in [5.74, 6) is 0.238. The van der Waals surface area contributed by atoms with Crippen LogP contribution < -0.4 is 0 Å². The second-order valence-corrected chi connectivity index (χ2v) is 4.41. The van der Waals surface area contributed by atoms with E-state index in [0.717, 1.165) is 12.8 Å². The van der Waals surface area contributed by atoms with Crippen LogP contribution in [0.4, 0.5) is 0 Å². The summed E-state index contributed by atoms with van der Waals surface area (Å²) >= 11 is 0. The molecule has 0 radical (unpaired) electrons. The van der Waals surface area contributed by atoms with Crippen molar-refractivity contribution >= 4 is 5.91 Å². The van der Waals surface area contributed by atoms with Crippen LogP contribution >= 0.6 is 0 Å². The largest absolute Gasteiger partial charge is 0.508 e. The van der Waals surface area contributed by atoms with Crippen molar-refractivity contribution in [3.63, 3.8) is 0 Å². The van der Waals surface area contributed by atoms with Crippen LogP contribution in [0.15, 0.2) is 24.3 Å². The number of hydrogen-bond donors (Lipinski definition) is 2. The molecule has 4 nitrogen and oxygen atoms in total. The summed E-state index contributed by atoms with van der Waals surface area (Å²) < 4.78 is 0. The van der Waals surface area contributed by atoms with Crippen molar-refractivity contribution in [1.29, 1.82) is 0 Å². The summed E-state index contributed by atoms with van der Waals surface area (Å²) in [4.78, 5) is 13.3. The molecule has 1 aromatic carbocycles. The fourth-order valence-electron chi connectivity index (χ4n) is 2.10. The highest BCUT2D eigenvalue weighted by atomic mass is 16.3. The lowest BCUT2D eigenvalue weighted by Crippen LogP contribution is -2.38. The van der Waals surface area contributed by atoms with Crippen LogP contribution in [0, 0.1) is 0 Å². The highest BCUT2D eigenvalue weighted by Crippen LogP contribution is 2.21. The Labute approximate surface area is 100 Å². The molecule has 2 rings (SSSR count). The first-order chi connectivity index (χ1) is 8.16. The summed E-state index contributed by atoms with van der Waals surface area (Å²) in [5, 5.41) is 19.3. The first-order valence-electron chi connectivity index (χ1n) is 5.91. The minimum Gasteiger partial charge on any atom is -0.508 e. The smallest absolute Gasteiger partial charge is 0.222 e. The molecule has 1 heterocycles. The van der Waals surface area contributed by atoms with E-state index in [1.54, 1.807) is 23.1 Å². The van der Waals surface area contributed by atoms with Crippen molar-refractivity contribution in [3.8, 4) is 5.75 Å². The fraction of sp³-hybridized carbons (Fsp3) is 0.462. The first-order valence-corrected chi connectivity index (χ1v) is 5.91. The van der Waals surface area contributed by atoms with Crippen LogP contribution in [-0.2, 0) is 4.79 Å². The molecule has 0 saturated carbocycles. The van der Waals surface area contributed by atoms with Crippen molar-refractivity contribution in [1.82, 2.24) is 4.90 Å². The van der Waals surface area contributed by atoms with E-state index in [1.165, 1.54) is 6.07 Å². The van der Waals surface area contributed by atoms with Gasteiger partial charge in [0, 0.05) is 13.0 Å². The molecule has 4 heteroatoms. The van der Waals surface area contributed by atoms with Crippen molar-refractivity contribution < 1.29 is 15.0 Å². The van der Waals surface area contributed by atoms with Gasteiger partial charge in [0.2, 0.25) is 5.91 Å². The molecule has 1 fully saturated rings. The summed E-state index contributed by atoms with van der Waals surface area (Å²) in [6, 6.07) is 6.52. The third-order valence-corrected chi connectivity index (χ3v) is 3.07. The Morgan fingerprint density at radius 2 is 2.18 bits per heavy atom. The number of hydrogen-bond acceptors (Lipinski definition) is 3. The Hall–Kier alpha value is -1.55. The zero-order valence-corrected chi connectivity index (χ0v) is 9.67. The number of likely N-dealkylation sites (tertiary alicyclic amines) is 1. The number of rotatable bonds is 3. The third-order valence-electron chi connectivity index (χ3n) is 3.07. The Kier molecular flexibility index (Phi) is 3.64. The molecule has 2 N–H and O–H groups in total. The second-order valence-electron chi connectivity index (χ2n) is 4.41. The summed E-state index contributed by atoms with van der Waals surface area (Å²) in [7, 11) is 0. The SMILES string of the molecule is O=C1CCCCN1CC(O)c1cccc(O)c1. The van der Waals surface area contributed by atoms with Crippen LogP contribution in [0.2, 0.25) is 0 Å². The van der Waals surface area contributed by atoms with Crippen LogP contribution in [0.5, 0.6) is 5.75 Å². The molecular formula is C13H17NO3. The maximum absolute atomic E-state index is 11.6. The van der Waals surface area contributed by atoms with E-state index in [1.807, 2.05) is 0 Å². The molecule has 1 aromatic rings. The number of carbonyl (C=O) groups is 1. The molecule has 17 heavy (non-hydrogen) atoms. The zero-order valence-electron chi connectivity index (χ0n) is 9.67. The minimum absolute atomic E-state index is 0.107. The van der Waals surface area contributed by atoms with E-state index in [9.17, 15) is 15.0 Å². The van der Waals surface area contributed by atoms with Gasteiger partial charge in [-0.3, -0.25) is 4.79 Å².